The average molecular weight is 316 g/mol. The van der Waals surface area contributed by atoms with E-state index in [1.807, 2.05) is 0 Å². The first-order valence-electron chi connectivity index (χ1n) is 7.57. The SMILES string of the molecule is COc1ccc(O)c(-c2cn(C3CCCNC3)c(=O)c(N)n2)c1. The molecule has 23 heavy (non-hydrogen) atoms. The van der Waals surface area contributed by atoms with Gasteiger partial charge in [-0.2, -0.15) is 0 Å². The third-order valence-electron chi connectivity index (χ3n) is 4.10. The second kappa shape index (κ2) is 6.29. The van der Waals surface area contributed by atoms with Crippen LogP contribution >= 0.6 is 0 Å². The maximum absolute atomic E-state index is 12.3. The molecule has 4 N–H and O–H groups in total. The number of hydrogen-bond donors (Lipinski definition) is 3. The van der Waals surface area contributed by atoms with Gasteiger partial charge in [-0.15, -0.1) is 0 Å². The number of benzene rings is 1. The van der Waals surface area contributed by atoms with Gasteiger partial charge in [-0.05, 0) is 37.6 Å². The predicted octanol–water partition coefficient (Wildman–Crippen LogP) is 1.13. The molecular weight excluding hydrogens is 296 g/mol. The summed E-state index contributed by atoms with van der Waals surface area (Å²) < 4.78 is 6.80. The topological polar surface area (TPSA) is 102 Å². The number of aromatic hydroxyl groups is 1. The first-order chi connectivity index (χ1) is 11.1. The largest absolute Gasteiger partial charge is 0.507 e. The van der Waals surface area contributed by atoms with E-state index in [2.05, 4.69) is 10.3 Å². The lowest BCUT2D eigenvalue weighted by molar-refractivity contribution is 0.364. The zero-order valence-electron chi connectivity index (χ0n) is 13.0. The fourth-order valence-corrected chi connectivity index (χ4v) is 2.85. The molecule has 3 rings (SSSR count). The Morgan fingerprint density at radius 1 is 1.48 bits per heavy atom. The molecule has 1 aliphatic rings. The molecular formula is C16H20N4O3. The van der Waals surface area contributed by atoms with Crippen molar-refractivity contribution in [3.8, 4) is 22.8 Å². The average Bonchev–Trinajstić information content (AvgIpc) is 2.58. The van der Waals surface area contributed by atoms with Crippen LogP contribution in [0.25, 0.3) is 11.3 Å². The third kappa shape index (κ3) is 3.00. The van der Waals surface area contributed by atoms with Crippen molar-refractivity contribution in [2.45, 2.75) is 18.9 Å². The maximum Gasteiger partial charge on any atom is 0.293 e. The highest BCUT2D eigenvalue weighted by molar-refractivity contribution is 5.68. The summed E-state index contributed by atoms with van der Waals surface area (Å²) in [5, 5.41) is 13.4. The highest BCUT2D eigenvalue weighted by atomic mass is 16.5. The molecule has 0 bridgehead atoms. The molecule has 0 spiro atoms. The van der Waals surface area contributed by atoms with Crippen molar-refractivity contribution < 1.29 is 9.84 Å². The van der Waals surface area contributed by atoms with Crippen molar-refractivity contribution in [2.24, 2.45) is 0 Å². The number of hydrogen-bond acceptors (Lipinski definition) is 6. The molecule has 2 heterocycles. The number of aromatic nitrogens is 2. The van der Waals surface area contributed by atoms with Gasteiger partial charge in [-0.1, -0.05) is 0 Å². The Morgan fingerprint density at radius 3 is 3.00 bits per heavy atom. The minimum atomic E-state index is -0.301. The van der Waals surface area contributed by atoms with Crippen molar-refractivity contribution >= 4 is 5.82 Å². The summed E-state index contributed by atoms with van der Waals surface area (Å²) in [6, 6.07) is 4.89. The highest BCUT2D eigenvalue weighted by Gasteiger charge is 2.19. The van der Waals surface area contributed by atoms with Gasteiger partial charge in [0.2, 0.25) is 0 Å². The molecule has 7 nitrogen and oxygen atoms in total. The third-order valence-corrected chi connectivity index (χ3v) is 4.10. The van der Waals surface area contributed by atoms with Crippen molar-refractivity contribution in [1.82, 2.24) is 14.9 Å². The van der Waals surface area contributed by atoms with E-state index in [-0.39, 0.29) is 23.2 Å². The smallest absolute Gasteiger partial charge is 0.293 e. The zero-order chi connectivity index (χ0) is 16.4. The Kier molecular flexibility index (Phi) is 4.20. The van der Waals surface area contributed by atoms with E-state index in [9.17, 15) is 9.90 Å². The van der Waals surface area contributed by atoms with Crippen molar-refractivity contribution in [2.75, 3.05) is 25.9 Å². The molecule has 1 fully saturated rings. The fraction of sp³-hybridized carbons (Fsp3) is 0.375. The molecule has 122 valence electrons. The van der Waals surface area contributed by atoms with Gasteiger partial charge in [0.1, 0.15) is 11.5 Å². The number of anilines is 1. The molecule has 0 amide bonds. The summed E-state index contributed by atoms with van der Waals surface area (Å²) in [6.45, 7) is 1.67. The number of phenols is 1. The number of methoxy groups -OCH3 is 1. The lowest BCUT2D eigenvalue weighted by Crippen LogP contribution is -2.37. The van der Waals surface area contributed by atoms with Gasteiger partial charge in [0.15, 0.2) is 5.82 Å². The Labute approximate surface area is 133 Å². The first-order valence-corrected chi connectivity index (χ1v) is 7.57. The molecule has 2 aromatic rings. The van der Waals surface area contributed by atoms with E-state index in [4.69, 9.17) is 10.5 Å². The molecule has 1 saturated heterocycles. The Morgan fingerprint density at radius 2 is 2.30 bits per heavy atom. The number of phenolic OH excluding ortho intramolecular Hbond substituents is 1. The second-order valence-corrected chi connectivity index (χ2v) is 5.61. The van der Waals surface area contributed by atoms with Gasteiger partial charge in [-0.25, -0.2) is 4.98 Å². The molecule has 0 aliphatic carbocycles. The number of nitrogens with one attached hydrogen (secondary N) is 1. The second-order valence-electron chi connectivity index (χ2n) is 5.61. The predicted molar refractivity (Wildman–Crippen MR) is 87.7 cm³/mol. The normalized spacial score (nSPS) is 17.9. The standard InChI is InChI=1S/C16H20N4O3/c1-23-11-4-5-14(21)12(7-11)13-9-20(16(22)15(17)19-13)10-3-2-6-18-8-10/h4-5,7,9-10,18,21H,2-3,6,8H2,1H3,(H2,17,19). The molecule has 1 aliphatic heterocycles. The van der Waals surface area contributed by atoms with Crippen LogP contribution in [0, 0.1) is 0 Å². The van der Waals surface area contributed by atoms with Crippen molar-refractivity contribution in [3.05, 3.63) is 34.7 Å². The molecule has 1 atom stereocenters. The number of rotatable bonds is 3. The highest BCUT2D eigenvalue weighted by Crippen LogP contribution is 2.31. The van der Waals surface area contributed by atoms with Crippen molar-refractivity contribution in [1.29, 1.82) is 0 Å². The van der Waals surface area contributed by atoms with Gasteiger partial charge in [0.05, 0.1) is 12.8 Å². The zero-order valence-corrected chi connectivity index (χ0v) is 13.0. The van der Waals surface area contributed by atoms with E-state index < -0.39 is 0 Å². The summed E-state index contributed by atoms with van der Waals surface area (Å²) in [5.41, 5.74) is 6.44. The van der Waals surface area contributed by atoms with Crippen LogP contribution in [0.3, 0.4) is 0 Å². The minimum absolute atomic E-state index is 0.0352. The van der Waals surface area contributed by atoms with E-state index >= 15 is 0 Å². The first kappa shape index (κ1) is 15.4. The van der Waals surface area contributed by atoms with E-state index in [1.54, 1.807) is 30.0 Å². The van der Waals surface area contributed by atoms with E-state index in [0.29, 0.717) is 23.6 Å². The minimum Gasteiger partial charge on any atom is -0.507 e. The Hall–Kier alpha value is -2.54. The van der Waals surface area contributed by atoms with Crippen LogP contribution in [0.1, 0.15) is 18.9 Å². The molecule has 0 radical (unpaired) electrons. The maximum atomic E-state index is 12.3. The van der Waals surface area contributed by atoms with E-state index in [0.717, 1.165) is 19.4 Å². The molecule has 0 saturated carbocycles. The van der Waals surface area contributed by atoms with Gasteiger partial charge < -0.3 is 25.5 Å². The summed E-state index contributed by atoms with van der Waals surface area (Å²) in [5.74, 6) is 0.579. The number of nitrogens with zero attached hydrogens (tertiary/aromatic N) is 2. The monoisotopic (exact) mass is 316 g/mol. The molecule has 1 unspecified atom stereocenters. The van der Waals surface area contributed by atoms with Gasteiger partial charge in [0, 0.05) is 24.3 Å². The fourth-order valence-electron chi connectivity index (χ4n) is 2.85. The van der Waals surface area contributed by atoms with Crippen molar-refractivity contribution in [3.63, 3.8) is 0 Å². The van der Waals surface area contributed by atoms with Crippen LogP contribution in [0.4, 0.5) is 5.82 Å². The van der Waals surface area contributed by atoms with Crippen LogP contribution in [-0.4, -0.2) is 34.9 Å². The summed E-state index contributed by atoms with van der Waals surface area (Å²) in [7, 11) is 1.55. The number of piperidine rings is 1. The van der Waals surface area contributed by atoms with Gasteiger partial charge >= 0.3 is 0 Å². The Balaban J connectivity index is 2.10. The molecule has 1 aromatic heterocycles. The molecule has 7 heteroatoms. The number of nitrogen functional groups attached to an aromatic ring is 1. The van der Waals surface area contributed by atoms with Crippen LogP contribution < -0.4 is 21.3 Å². The lowest BCUT2D eigenvalue weighted by atomic mass is 10.1. The van der Waals surface area contributed by atoms with Crippen LogP contribution in [0.15, 0.2) is 29.2 Å². The van der Waals surface area contributed by atoms with Crippen LogP contribution in [0.5, 0.6) is 11.5 Å². The lowest BCUT2D eigenvalue weighted by Gasteiger charge is -2.25. The number of nitrogens with two attached hydrogens (primary N) is 1. The number of ether oxygens (including phenoxy) is 1. The van der Waals surface area contributed by atoms with E-state index in [1.165, 1.54) is 6.07 Å². The van der Waals surface area contributed by atoms with Gasteiger partial charge in [-0.3, -0.25) is 4.79 Å². The quantitative estimate of drug-likeness (QED) is 0.784. The summed E-state index contributed by atoms with van der Waals surface area (Å²) >= 11 is 0. The van der Waals surface area contributed by atoms with Crippen LogP contribution in [0.2, 0.25) is 0 Å². The molecule has 1 aromatic carbocycles. The van der Waals surface area contributed by atoms with Crippen LogP contribution in [-0.2, 0) is 0 Å². The Bertz CT molecular complexity index is 766. The summed E-state index contributed by atoms with van der Waals surface area (Å²) in [4.78, 5) is 16.5. The summed E-state index contributed by atoms with van der Waals surface area (Å²) in [6.07, 6.45) is 3.56. The van der Waals surface area contributed by atoms with Gasteiger partial charge in [0.25, 0.3) is 5.56 Å².